The Bertz CT molecular complexity index is 688. The topological polar surface area (TPSA) is 35.5 Å². The van der Waals surface area contributed by atoms with Crippen molar-refractivity contribution in [3.8, 4) is 0 Å². The molecule has 3 nitrogen and oxygen atoms in total. The third kappa shape index (κ3) is 2.47. The Labute approximate surface area is 145 Å². The van der Waals surface area contributed by atoms with Crippen LogP contribution in [-0.4, -0.2) is 15.9 Å². The third-order valence-electron chi connectivity index (χ3n) is 5.04. The summed E-state index contributed by atoms with van der Waals surface area (Å²) in [7, 11) is 0. The van der Waals surface area contributed by atoms with Crippen LogP contribution in [0.4, 0.5) is 5.69 Å². The Balaban J connectivity index is 1.77. The molecule has 1 aliphatic carbocycles. The molecule has 2 fully saturated rings. The second kappa shape index (κ2) is 5.89. The van der Waals surface area contributed by atoms with Crippen LogP contribution in [0.25, 0.3) is 0 Å². The smallest absolute Gasteiger partial charge is 0.176 e. The monoisotopic (exact) mass is 344 g/mol. The van der Waals surface area contributed by atoms with Crippen LogP contribution >= 0.6 is 23.6 Å². The van der Waals surface area contributed by atoms with Crippen LogP contribution < -0.4 is 10.2 Å². The second-order valence-corrected chi connectivity index (χ2v) is 7.71. The lowest BCUT2D eigenvalue weighted by Gasteiger charge is -2.55. The fraction of sp³-hybridized carbons (Fsp3) is 0.389. The van der Waals surface area contributed by atoms with E-state index in [4.69, 9.17) is 12.2 Å². The first-order chi connectivity index (χ1) is 11.2. The number of hydrogen-bond donors (Lipinski definition) is 2. The Morgan fingerprint density at radius 1 is 1.17 bits per heavy atom. The van der Waals surface area contributed by atoms with Crippen molar-refractivity contribution in [2.24, 2.45) is 5.92 Å². The van der Waals surface area contributed by atoms with E-state index in [1.165, 1.54) is 4.88 Å². The van der Waals surface area contributed by atoms with Crippen molar-refractivity contribution in [3.63, 3.8) is 0 Å². The summed E-state index contributed by atoms with van der Waals surface area (Å²) in [5.41, 5.74) is 0.0559. The zero-order valence-corrected chi connectivity index (χ0v) is 14.4. The summed E-state index contributed by atoms with van der Waals surface area (Å²) in [6.07, 6.45) is 3.97. The minimum Gasteiger partial charge on any atom is -0.370 e. The van der Waals surface area contributed by atoms with Gasteiger partial charge in [0, 0.05) is 16.5 Å². The molecule has 120 valence electrons. The highest BCUT2D eigenvalue weighted by atomic mass is 32.1. The molecule has 1 aromatic heterocycles. The molecule has 1 aromatic carbocycles. The number of fused-ring (bicyclic) bond motifs is 1. The first kappa shape index (κ1) is 15.1. The van der Waals surface area contributed by atoms with E-state index in [9.17, 15) is 5.11 Å². The van der Waals surface area contributed by atoms with Gasteiger partial charge in [-0.3, -0.25) is 4.90 Å². The van der Waals surface area contributed by atoms with Crippen molar-refractivity contribution in [2.75, 3.05) is 4.90 Å². The zero-order valence-electron chi connectivity index (χ0n) is 12.8. The van der Waals surface area contributed by atoms with Gasteiger partial charge in [0.15, 0.2) is 5.11 Å². The molecule has 1 aliphatic heterocycles. The standard InChI is InChI=1S/C18H20N2OS2/c21-18-11-5-4-9-14(18)16(15-10-6-12-23-15)19-17(22)20(18)13-7-2-1-3-8-13/h1-3,6-8,10,12,14,16,21H,4-5,9,11H2,(H,19,22). The summed E-state index contributed by atoms with van der Waals surface area (Å²) in [4.78, 5) is 3.20. The van der Waals surface area contributed by atoms with Gasteiger partial charge in [-0.25, -0.2) is 0 Å². The lowest BCUT2D eigenvalue weighted by atomic mass is 9.74. The SMILES string of the molecule is OC12CCCCC1C(c1cccs1)NC(=S)N2c1ccccc1. The highest BCUT2D eigenvalue weighted by Crippen LogP contribution is 2.48. The summed E-state index contributed by atoms with van der Waals surface area (Å²) >= 11 is 7.39. The van der Waals surface area contributed by atoms with Gasteiger partial charge in [-0.1, -0.05) is 30.7 Å². The van der Waals surface area contributed by atoms with Crippen molar-refractivity contribution in [3.05, 3.63) is 52.7 Å². The van der Waals surface area contributed by atoms with Gasteiger partial charge in [-0.05, 0) is 55.1 Å². The molecule has 23 heavy (non-hydrogen) atoms. The highest BCUT2D eigenvalue weighted by Gasteiger charge is 2.53. The molecule has 0 amide bonds. The summed E-state index contributed by atoms with van der Waals surface area (Å²) in [5.74, 6) is 0.141. The maximum absolute atomic E-state index is 11.6. The quantitative estimate of drug-likeness (QED) is 0.805. The van der Waals surface area contributed by atoms with Gasteiger partial charge in [-0.2, -0.15) is 0 Å². The normalized spacial score (nSPS) is 30.7. The number of nitrogens with zero attached hydrogens (tertiary/aromatic N) is 1. The van der Waals surface area contributed by atoms with E-state index < -0.39 is 5.72 Å². The number of anilines is 1. The lowest BCUT2D eigenvalue weighted by molar-refractivity contribution is -0.0606. The van der Waals surface area contributed by atoms with E-state index >= 15 is 0 Å². The number of nitrogens with one attached hydrogen (secondary N) is 1. The molecule has 2 heterocycles. The van der Waals surface area contributed by atoms with Gasteiger partial charge < -0.3 is 10.4 Å². The van der Waals surface area contributed by atoms with Crippen molar-refractivity contribution < 1.29 is 5.11 Å². The Hall–Kier alpha value is -1.43. The van der Waals surface area contributed by atoms with E-state index in [0.717, 1.165) is 31.4 Å². The van der Waals surface area contributed by atoms with Gasteiger partial charge in [0.25, 0.3) is 0 Å². The third-order valence-corrected chi connectivity index (χ3v) is 6.30. The number of rotatable bonds is 2. The van der Waals surface area contributed by atoms with E-state index in [0.29, 0.717) is 5.11 Å². The summed E-state index contributed by atoms with van der Waals surface area (Å²) in [5, 5.41) is 17.9. The van der Waals surface area contributed by atoms with E-state index in [1.54, 1.807) is 11.3 Å². The summed E-state index contributed by atoms with van der Waals surface area (Å²) in [6.45, 7) is 0. The van der Waals surface area contributed by atoms with E-state index in [-0.39, 0.29) is 12.0 Å². The predicted molar refractivity (Wildman–Crippen MR) is 98.6 cm³/mol. The molecule has 2 N–H and O–H groups in total. The molecule has 0 radical (unpaired) electrons. The van der Waals surface area contributed by atoms with Crippen molar-refractivity contribution in [1.82, 2.24) is 5.32 Å². The molecule has 0 bridgehead atoms. The average molecular weight is 345 g/mol. The van der Waals surface area contributed by atoms with Crippen LogP contribution in [0.3, 0.4) is 0 Å². The minimum absolute atomic E-state index is 0.104. The van der Waals surface area contributed by atoms with Gasteiger partial charge in [-0.15, -0.1) is 11.3 Å². The van der Waals surface area contributed by atoms with Crippen LogP contribution in [0.2, 0.25) is 0 Å². The van der Waals surface area contributed by atoms with Crippen molar-refractivity contribution in [2.45, 2.75) is 37.5 Å². The van der Waals surface area contributed by atoms with E-state index in [2.05, 4.69) is 22.8 Å². The summed E-state index contributed by atoms with van der Waals surface area (Å²) in [6, 6.07) is 14.3. The zero-order chi connectivity index (χ0) is 15.9. The maximum atomic E-state index is 11.6. The molecule has 2 aliphatic rings. The molecular formula is C18H20N2OS2. The van der Waals surface area contributed by atoms with Gasteiger partial charge in [0.1, 0.15) is 5.72 Å². The molecule has 1 saturated carbocycles. The predicted octanol–water partition coefficient (Wildman–Crippen LogP) is 4.06. The molecule has 4 rings (SSSR count). The number of thiophene rings is 1. The van der Waals surface area contributed by atoms with Gasteiger partial charge in [0.05, 0.1) is 6.04 Å². The number of para-hydroxylation sites is 1. The van der Waals surface area contributed by atoms with Crippen LogP contribution in [0, 0.1) is 5.92 Å². The second-order valence-electron chi connectivity index (χ2n) is 6.34. The molecule has 3 atom stereocenters. The number of aliphatic hydroxyl groups is 1. The molecule has 0 spiro atoms. The Morgan fingerprint density at radius 2 is 2.00 bits per heavy atom. The molecule has 5 heteroatoms. The fourth-order valence-corrected chi connectivity index (χ4v) is 5.24. The molecular weight excluding hydrogens is 324 g/mol. The van der Waals surface area contributed by atoms with Crippen LogP contribution in [-0.2, 0) is 0 Å². The van der Waals surface area contributed by atoms with Crippen LogP contribution in [0.5, 0.6) is 0 Å². The molecule has 2 aromatic rings. The lowest BCUT2D eigenvalue weighted by Crippen LogP contribution is -2.67. The van der Waals surface area contributed by atoms with Gasteiger partial charge >= 0.3 is 0 Å². The molecule has 3 unspecified atom stereocenters. The molecule has 1 saturated heterocycles. The summed E-state index contributed by atoms with van der Waals surface area (Å²) < 4.78 is 0. The van der Waals surface area contributed by atoms with E-state index in [1.807, 2.05) is 35.2 Å². The van der Waals surface area contributed by atoms with Gasteiger partial charge in [0.2, 0.25) is 0 Å². The maximum Gasteiger partial charge on any atom is 0.176 e. The highest BCUT2D eigenvalue weighted by molar-refractivity contribution is 7.80. The van der Waals surface area contributed by atoms with Crippen molar-refractivity contribution >= 4 is 34.4 Å². The van der Waals surface area contributed by atoms with Crippen LogP contribution in [0.1, 0.15) is 36.6 Å². The fourth-order valence-electron chi connectivity index (χ4n) is 4.01. The number of benzene rings is 1. The first-order valence-electron chi connectivity index (χ1n) is 8.12. The average Bonchev–Trinajstić information content (AvgIpc) is 3.08. The number of thiocarbonyl (C=S) groups is 1. The minimum atomic E-state index is -0.906. The first-order valence-corrected chi connectivity index (χ1v) is 9.40. The van der Waals surface area contributed by atoms with Crippen LogP contribution in [0.15, 0.2) is 47.8 Å². The number of hydrogen-bond acceptors (Lipinski definition) is 3. The Kier molecular flexibility index (Phi) is 3.87. The Morgan fingerprint density at radius 3 is 2.74 bits per heavy atom. The largest absolute Gasteiger partial charge is 0.370 e. The van der Waals surface area contributed by atoms with Crippen molar-refractivity contribution in [1.29, 1.82) is 0 Å².